The van der Waals surface area contributed by atoms with E-state index in [0.29, 0.717) is 55.2 Å². The van der Waals surface area contributed by atoms with Crippen molar-refractivity contribution in [1.82, 2.24) is 4.90 Å². The summed E-state index contributed by atoms with van der Waals surface area (Å²) < 4.78 is 12.1. The van der Waals surface area contributed by atoms with Gasteiger partial charge in [0.2, 0.25) is 11.6 Å². The van der Waals surface area contributed by atoms with Crippen molar-refractivity contribution in [3.8, 4) is 0 Å². The lowest BCUT2D eigenvalue weighted by Gasteiger charge is -2.45. The van der Waals surface area contributed by atoms with Crippen LogP contribution in [0.4, 0.5) is 0 Å². The van der Waals surface area contributed by atoms with Gasteiger partial charge in [-0.2, -0.15) is 0 Å². The number of rotatable bonds is 4. The molecule has 2 bridgehead atoms. The topological polar surface area (TPSA) is 211 Å². The molecule has 0 aliphatic carbocycles. The minimum atomic E-state index is -2.44. The van der Waals surface area contributed by atoms with Crippen molar-refractivity contribution in [2.75, 3.05) is 6.54 Å². The van der Waals surface area contributed by atoms with Gasteiger partial charge in [0, 0.05) is 43.1 Å². The number of esters is 1. The van der Waals surface area contributed by atoms with E-state index >= 15 is 0 Å². The number of aliphatic hydroxyl groups excluding tert-OH is 5. The molecule has 3 rings (SSSR count). The van der Waals surface area contributed by atoms with Gasteiger partial charge >= 0.3 is 5.97 Å². The van der Waals surface area contributed by atoms with Crippen molar-refractivity contribution >= 4 is 23.3 Å². The lowest BCUT2D eigenvalue weighted by Crippen LogP contribution is -2.62. The van der Waals surface area contributed by atoms with Gasteiger partial charge in [0.15, 0.2) is 12.0 Å². The van der Waals surface area contributed by atoms with Crippen LogP contribution in [0.3, 0.4) is 0 Å². The van der Waals surface area contributed by atoms with E-state index in [1.54, 1.807) is 46.8 Å². The Hall–Kier alpha value is -2.62. The molecule has 0 saturated carbocycles. The molecule has 330 valence electrons. The van der Waals surface area contributed by atoms with Gasteiger partial charge in [-0.1, -0.05) is 66.2 Å². The number of ether oxygens (including phenoxy) is 2. The quantitative estimate of drug-likeness (QED) is 0.171. The molecule has 14 unspecified atom stereocenters. The zero-order chi connectivity index (χ0) is 43.6. The van der Waals surface area contributed by atoms with Gasteiger partial charge in [-0.3, -0.25) is 24.1 Å². The van der Waals surface area contributed by atoms with Crippen LogP contribution in [0.15, 0.2) is 34.9 Å². The van der Waals surface area contributed by atoms with Crippen LogP contribution in [-0.4, -0.2) is 120 Å². The second kappa shape index (κ2) is 22.3. The predicted molar refractivity (Wildman–Crippen MR) is 219 cm³/mol. The Balaban J connectivity index is 2.04. The average Bonchev–Trinajstić information content (AvgIpc) is 3.17. The largest absolute Gasteiger partial charge is 0.456 e. The monoisotopic (exact) mass is 820 g/mol. The number of aliphatic hydroxyl groups is 6. The first-order valence-corrected chi connectivity index (χ1v) is 21.5. The highest BCUT2D eigenvalue weighted by molar-refractivity contribution is 5.96. The van der Waals surface area contributed by atoms with Crippen LogP contribution in [0.2, 0.25) is 0 Å². The zero-order valence-electron chi connectivity index (χ0n) is 36.3. The second-order valence-corrected chi connectivity index (χ2v) is 17.7. The van der Waals surface area contributed by atoms with E-state index in [9.17, 15) is 49.8 Å². The standard InChI is InChI=1S/C45H73NO12/c1-10-33-15-17-40(28(5)21-26(3)32(9)47)57-44(55)36-13-11-12-18-46(36)43(54)42(53)45(56)30(7)14-16-35(58-45)24-39(51)31(8)38(50)23-34(48)22-37(49)27(4)19-25(2)20-29(6)41(33)52/h15,19,21,25-26,29-31,34-40,43,48-51,54,56H,10-14,16-18,20,22-24H2,1-9H3/b27-19+,28-21+,33-15+. The fourth-order valence-electron chi connectivity index (χ4n) is 8.58. The van der Waals surface area contributed by atoms with Crippen LogP contribution in [0, 0.1) is 29.6 Å². The molecule has 0 radical (unpaired) electrons. The third-order valence-corrected chi connectivity index (χ3v) is 12.8. The smallest absolute Gasteiger partial charge is 0.324 e. The Morgan fingerprint density at radius 3 is 2.24 bits per heavy atom. The van der Waals surface area contributed by atoms with E-state index in [4.69, 9.17) is 9.47 Å². The number of ketones is 3. The van der Waals surface area contributed by atoms with Gasteiger partial charge in [-0.25, -0.2) is 0 Å². The Bertz CT molecular complexity index is 1510. The highest BCUT2D eigenvalue weighted by Gasteiger charge is 2.53. The molecule has 3 aliphatic rings. The van der Waals surface area contributed by atoms with Crippen LogP contribution < -0.4 is 0 Å². The zero-order valence-corrected chi connectivity index (χ0v) is 36.3. The van der Waals surface area contributed by atoms with Crippen LogP contribution in [-0.2, 0) is 28.7 Å². The Morgan fingerprint density at radius 2 is 1.60 bits per heavy atom. The lowest BCUT2D eigenvalue weighted by atomic mass is 9.83. The normalized spacial score (nSPS) is 40.5. The molecule has 2 saturated heterocycles. The molecule has 0 aromatic carbocycles. The summed E-state index contributed by atoms with van der Waals surface area (Å²) in [6, 6.07) is -1.04. The molecule has 2 fully saturated rings. The van der Waals surface area contributed by atoms with E-state index in [-0.39, 0.29) is 62.1 Å². The van der Waals surface area contributed by atoms with Crippen molar-refractivity contribution in [2.45, 2.75) is 188 Å². The fourth-order valence-corrected chi connectivity index (χ4v) is 8.58. The summed E-state index contributed by atoms with van der Waals surface area (Å²) in [5, 5.41) is 67.3. The van der Waals surface area contributed by atoms with E-state index in [0.717, 1.165) is 0 Å². The number of hydrogen-bond donors (Lipinski definition) is 6. The van der Waals surface area contributed by atoms with Crippen LogP contribution >= 0.6 is 0 Å². The van der Waals surface area contributed by atoms with Gasteiger partial charge in [-0.15, -0.1) is 0 Å². The Kier molecular flexibility index (Phi) is 19.1. The number of cyclic esters (lactones) is 1. The molecule has 0 amide bonds. The third-order valence-electron chi connectivity index (χ3n) is 12.8. The molecule has 58 heavy (non-hydrogen) atoms. The number of carbonyl (C=O) groups excluding carboxylic acids is 4. The van der Waals surface area contributed by atoms with Crippen molar-refractivity contribution in [3.63, 3.8) is 0 Å². The van der Waals surface area contributed by atoms with E-state index in [2.05, 4.69) is 0 Å². The van der Waals surface area contributed by atoms with E-state index in [1.165, 1.54) is 11.8 Å². The van der Waals surface area contributed by atoms with Gasteiger partial charge in [0.05, 0.1) is 30.5 Å². The summed E-state index contributed by atoms with van der Waals surface area (Å²) in [6.45, 7) is 15.8. The molecular formula is C45H73NO12. The summed E-state index contributed by atoms with van der Waals surface area (Å²) in [6.07, 6.45) is 0.452. The summed E-state index contributed by atoms with van der Waals surface area (Å²) in [5.41, 5.74) is 1.79. The Morgan fingerprint density at radius 1 is 0.948 bits per heavy atom. The summed E-state index contributed by atoms with van der Waals surface area (Å²) >= 11 is 0. The summed E-state index contributed by atoms with van der Waals surface area (Å²) in [7, 11) is 0. The highest BCUT2D eigenvalue weighted by atomic mass is 16.6. The summed E-state index contributed by atoms with van der Waals surface area (Å²) in [4.78, 5) is 55.5. The van der Waals surface area contributed by atoms with Gasteiger partial charge in [0.25, 0.3) is 0 Å². The molecule has 0 aromatic rings. The minimum Gasteiger partial charge on any atom is -0.456 e. The van der Waals surface area contributed by atoms with E-state index < -0.39 is 84.2 Å². The molecule has 6 N–H and O–H groups in total. The number of hydrogen-bond acceptors (Lipinski definition) is 13. The van der Waals surface area contributed by atoms with Crippen molar-refractivity contribution in [2.24, 2.45) is 29.6 Å². The SMILES string of the molecule is CC/C1=C\CC(/C(C)=C/C(C)C(C)=O)OC(=O)C2CCCCN2C(O)C(=O)C2(O)OC(CCC2C)CC(O)C(C)C(O)CC(O)CC(O)/C(C)=C/C(C)CC(C)C1=O. The number of carbonyl (C=O) groups is 4. The lowest BCUT2D eigenvalue weighted by molar-refractivity contribution is -0.276. The van der Waals surface area contributed by atoms with E-state index in [1.807, 2.05) is 26.8 Å². The Labute approximate surface area is 345 Å². The summed E-state index contributed by atoms with van der Waals surface area (Å²) in [5.74, 6) is -6.71. The molecule has 14 atom stereocenters. The third kappa shape index (κ3) is 13.2. The van der Waals surface area contributed by atoms with Crippen molar-refractivity contribution in [3.05, 3.63) is 34.9 Å². The first-order chi connectivity index (χ1) is 27.1. The van der Waals surface area contributed by atoms with Crippen LogP contribution in [0.5, 0.6) is 0 Å². The molecule has 3 heterocycles. The molecule has 0 aromatic heterocycles. The van der Waals surface area contributed by atoms with Gasteiger partial charge in [-0.05, 0) is 94.8 Å². The fraction of sp³-hybridized carbons (Fsp3) is 0.778. The highest BCUT2D eigenvalue weighted by Crippen LogP contribution is 2.37. The van der Waals surface area contributed by atoms with Crippen LogP contribution in [0.25, 0.3) is 0 Å². The molecule has 13 heteroatoms. The molecule has 13 nitrogen and oxygen atoms in total. The maximum atomic E-state index is 14.1. The van der Waals surface area contributed by atoms with Gasteiger partial charge < -0.3 is 40.1 Å². The van der Waals surface area contributed by atoms with Crippen molar-refractivity contribution < 1.29 is 59.3 Å². The van der Waals surface area contributed by atoms with Crippen LogP contribution in [0.1, 0.15) is 133 Å². The predicted octanol–water partition coefficient (Wildman–Crippen LogP) is 4.48. The average molecular weight is 820 g/mol. The van der Waals surface area contributed by atoms with Crippen molar-refractivity contribution in [1.29, 1.82) is 0 Å². The minimum absolute atomic E-state index is 0.0423. The first kappa shape index (κ1) is 49.7. The first-order valence-electron chi connectivity index (χ1n) is 21.5. The molecule has 3 aliphatic heterocycles. The molecule has 0 spiro atoms. The number of nitrogens with zero attached hydrogens (tertiary/aromatic N) is 1. The maximum absolute atomic E-state index is 14.1. The second-order valence-electron chi connectivity index (χ2n) is 17.7. The number of Topliss-reactive ketones (excluding diaryl/α,β-unsaturated/α-hetero) is 3. The van der Waals surface area contributed by atoms with Gasteiger partial charge in [0.1, 0.15) is 17.9 Å². The number of piperidine rings is 1. The number of allylic oxidation sites excluding steroid dienone is 3. The maximum Gasteiger partial charge on any atom is 0.324 e. The number of fused-ring (bicyclic) bond motifs is 3. The molecular weight excluding hydrogens is 746 g/mol.